The first-order valence-corrected chi connectivity index (χ1v) is 11.2. The molecule has 1 aliphatic rings. The number of methoxy groups -OCH3 is 1. The van der Waals surface area contributed by atoms with Crippen molar-refractivity contribution in [1.82, 2.24) is 4.90 Å². The number of nitrogens with one attached hydrogen (secondary N) is 1. The standard InChI is InChI=1S/C21H26N2O5S/c1-3-4-13-28-18-7-5-16(6-8-18)22-21(24)23-14-20(15-23)29(25,26)19-11-9-17(27-2)10-12-19/h5-12,20H,3-4,13-15H2,1-2H3,(H,22,24). The maximum atomic E-state index is 12.7. The van der Waals surface area contributed by atoms with Crippen molar-refractivity contribution in [1.29, 1.82) is 0 Å². The molecule has 0 atom stereocenters. The van der Waals surface area contributed by atoms with Gasteiger partial charge < -0.3 is 19.7 Å². The first-order valence-electron chi connectivity index (χ1n) is 9.60. The Kier molecular flexibility index (Phi) is 6.64. The third-order valence-electron chi connectivity index (χ3n) is 4.83. The van der Waals surface area contributed by atoms with Crippen LogP contribution in [0.3, 0.4) is 0 Å². The highest BCUT2D eigenvalue weighted by Gasteiger charge is 2.40. The minimum atomic E-state index is -3.48. The van der Waals surface area contributed by atoms with Gasteiger partial charge in [0.1, 0.15) is 16.7 Å². The summed E-state index contributed by atoms with van der Waals surface area (Å²) < 4.78 is 36.0. The number of hydrogen-bond acceptors (Lipinski definition) is 5. The number of urea groups is 1. The van der Waals surface area contributed by atoms with E-state index in [4.69, 9.17) is 9.47 Å². The van der Waals surface area contributed by atoms with Gasteiger partial charge in [0, 0.05) is 18.8 Å². The van der Waals surface area contributed by atoms with Gasteiger partial charge in [-0.05, 0) is 55.0 Å². The Bertz CT molecular complexity index is 921. The zero-order valence-electron chi connectivity index (χ0n) is 16.6. The highest BCUT2D eigenvalue weighted by molar-refractivity contribution is 7.92. The molecule has 1 saturated heterocycles. The summed E-state index contributed by atoms with van der Waals surface area (Å²) in [5, 5.41) is 2.18. The van der Waals surface area contributed by atoms with E-state index in [0.29, 0.717) is 18.0 Å². The Balaban J connectivity index is 1.51. The van der Waals surface area contributed by atoms with Gasteiger partial charge in [-0.1, -0.05) is 13.3 Å². The van der Waals surface area contributed by atoms with Crippen LogP contribution < -0.4 is 14.8 Å². The Labute approximate surface area is 171 Å². The Morgan fingerprint density at radius 1 is 1.07 bits per heavy atom. The van der Waals surface area contributed by atoms with Crippen molar-refractivity contribution in [3.05, 3.63) is 48.5 Å². The van der Waals surface area contributed by atoms with Crippen molar-refractivity contribution < 1.29 is 22.7 Å². The lowest BCUT2D eigenvalue weighted by Gasteiger charge is -2.38. The number of carbonyl (C=O) groups excluding carboxylic acids is 1. The summed E-state index contributed by atoms with van der Waals surface area (Å²) in [6.45, 7) is 3.10. The fourth-order valence-corrected chi connectivity index (χ4v) is 4.58. The van der Waals surface area contributed by atoms with Gasteiger partial charge in [-0.15, -0.1) is 0 Å². The number of rotatable bonds is 8. The van der Waals surface area contributed by atoms with Gasteiger partial charge in [0.15, 0.2) is 9.84 Å². The average molecular weight is 419 g/mol. The topological polar surface area (TPSA) is 84.9 Å². The fourth-order valence-electron chi connectivity index (χ4n) is 2.93. The minimum absolute atomic E-state index is 0.165. The van der Waals surface area contributed by atoms with Crippen molar-refractivity contribution in [2.45, 2.75) is 29.9 Å². The Morgan fingerprint density at radius 2 is 1.69 bits per heavy atom. The zero-order valence-corrected chi connectivity index (χ0v) is 17.4. The minimum Gasteiger partial charge on any atom is -0.497 e. The molecule has 2 aromatic carbocycles. The van der Waals surface area contributed by atoms with Crippen LogP contribution in [0.25, 0.3) is 0 Å². The first kappa shape index (κ1) is 21.0. The molecule has 0 radical (unpaired) electrons. The monoisotopic (exact) mass is 418 g/mol. The van der Waals surface area contributed by atoms with E-state index in [1.165, 1.54) is 24.1 Å². The molecular weight excluding hydrogens is 392 g/mol. The number of likely N-dealkylation sites (tertiary alicyclic amines) is 1. The predicted octanol–water partition coefficient (Wildman–Crippen LogP) is 3.56. The van der Waals surface area contributed by atoms with Crippen LogP contribution in [0, 0.1) is 0 Å². The van der Waals surface area contributed by atoms with Gasteiger partial charge in [-0.3, -0.25) is 0 Å². The molecule has 0 aliphatic carbocycles. The summed E-state index contributed by atoms with van der Waals surface area (Å²) in [5.41, 5.74) is 0.638. The van der Waals surface area contributed by atoms with E-state index in [1.807, 2.05) is 0 Å². The van der Waals surface area contributed by atoms with Crippen molar-refractivity contribution in [3.8, 4) is 11.5 Å². The van der Waals surface area contributed by atoms with Gasteiger partial charge in [0.2, 0.25) is 0 Å². The van der Waals surface area contributed by atoms with E-state index in [9.17, 15) is 13.2 Å². The maximum absolute atomic E-state index is 12.7. The van der Waals surface area contributed by atoms with Gasteiger partial charge in [-0.2, -0.15) is 0 Å². The molecule has 0 bridgehead atoms. The van der Waals surface area contributed by atoms with Gasteiger partial charge in [0.25, 0.3) is 0 Å². The third kappa shape index (κ3) is 5.00. The van der Waals surface area contributed by atoms with Gasteiger partial charge >= 0.3 is 6.03 Å². The van der Waals surface area contributed by atoms with Crippen LogP contribution >= 0.6 is 0 Å². The van der Waals surface area contributed by atoms with Crippen molar-refractivity contribution in [2.24, 2.45) is 0 Å². The van der Waals surface area contributed by atoms with E-state index in [1.54, 1.807) is 36.4 Å². The van der Waals surface area contributed by atoms with Crippen LogP contribution in [0.15, 0.2) is 53.4 Å². The average Bonchev–Trinajstić information content (AvgIpc) is 2.68. The first-order chi connectivity index (χ1) is 13.9. The molecule has 1 N–H and O–H groups in total. The van der Waals surface area contributed by atoms with Crippen LogP contribution in [0.1, 0.15) is 19.8 Å². The highest BCUT2D eigenvalue weighted by Crippen LogP contribution is 2.26. The molecule has 0 unspecified atom stereocenters. The van der Waals surface area contributed by atoms with E-state index >= 15 is 0 Å². The quantitative estimate of drug-likeness (QED) is 0.663. The summed E-state index contributed by atoms with van der Waals surface area (Å²) in [4.78, 5) is 14.1. The molecule has 8 heteroatoms. The van der Waals surface area contributed by atoms with Gasteiger partial charge in [0.05, 0.1) is 18.6 Å². The smallest absolute Gasteiger partial charge is 0.321 e. The molecule has 1 aliphatic heterocycles. The zero-order chi connectivity index (χ0) is 20.9. The van der Waals surface area contributed by atoms with Crippen molar-refractivity contribution >= 4 is 21.6 Å². The van der Waals surface area contributed by atoms with E-state index < -0.39 is 15.1 Å². The second-order valence-electron chi connectivity index (χ2n) is 6.90. The lowest BCUT2D eigenvalue weighted by Crippen LogP contribution is -2.58. The summed E-state index contributed by atoms with van der Waals surface area (Å²) in [7, 11) is -1.95. The lowest BCUT2D eigenvalue weighted by atomic mass is 10.2. The number of unbranched alkanes of at least 4 members (excludes halogenated alkanes) is 1. The van der Waals surface area contributed by atoms with Crippen LogP contribution in [0.5, 0.6) is 11.5 Å². The maximum Gasteiger partial charge on any atom is 0.321 e. The van der Waals surface area contributed by atoms with E-state index in [0.717, 1.165) is 18.6 Å². The Hall–Kier alpha value is -2.74. The molecule has 29 heavy (non-hydrogen) atoms. The summed E-state index contributed by atoms with van der Waals surface area (Å²) in [6.07, 6.45) is 2.06. The number of benzene rings is 2. The number of amides is 2. The molecule has 2 aromatic rings. The Morgan fingerprint density at radius 3 is 2.28 bits per heavy atom. The second kappa shape index (κ2) is 9.17. The van der Waals surface area contributed by atoms with E-state index in [-0.39, 0.29) is 24.0 Å². The lowest BCUT2D eigenvalue weighted by molar-refractivity contribution is 0.182. The number of carbonyl (C=O) groups is 1. The SMILES string of the molecule is CCCCOc1ccc(NC(=O)N2CC(S(=O)(=O)c3ccc(OC)cc3)C2)cc1. The molecule has 156 valence electrons. The van der Waals surface area contributed by atoms with Gasteiger partial charge in [-0.25, -0.2) is 13.2 Å². The van der Waals surface area contributed by atoms with Crippen LogP contribution in [0.4, 0.5) is 10.5 Å². The highest BCUT2D eigenvalue weighted by atomic mass is 32.2. The van der Waals surface area contributed by atoms with Crippen LogP contribution in [-0.2, 0) is 9.84 Å². The number of sulfone groups is 1. The molecule has 3 rings (SSSR count). The molecular formula is C21H26N2O5S. The van der Waals surface area contributed by atoms with E-state index in [2.05, 4.69) is 12.2 Å². The number of anilines is 1. The summed E-state index contributed by atoms with van der Waals surface area (Å²) in [6, 6.07) is 13.1. The predicted molar refractivity (Wildman–Crippen MR) is 111 cm³/mol. The van der Waals surface area contributed by atoms with Crippen LogP contribution in [0.2, 0.25) is 0 Å². The molecule has 1 heterocycles. The van der Waals surface area contributed by atoms with Crippen LogP contribution in [-0.4, -0.2) is 51.4 Å². The molecule has 7 nitrogen and oxygen atoms in total. The second-order valence-corrected chi connectivity index (χ2v) is 9.13. The van der Waals surface area contributed by atoms with Crippen molar-refractivity contribution in [2.75, 3.05) is 32.1 Å². The number of hydrogen-bond donors (Lipinski definition) is 1. The molecule has 1 fully saturated rings. The molecule has 0 saturated carbocycles. The normalized spacial score (nSPS) is 14.2. The largest absolute Gasteiger partial charge is 0.497 e. The summed E-state index contributed by atoms with van der Waals surface area (Å²) in [5.74, 6) is 1.35. The van der Waals surface area contributed by atoms with Crippen molar-refractivity contribution in [3.63, 3.8) is 0 Å². The molecule has 0 spiro atoms. The summed E-state index contributed by atoms with van der Waals surface area (Å²) >= 11 is 0. The number of nitrogens with zero attached hydrogens (tertiary/aromatic N) is 1. The fraction of sp³-hybridized carbons (Fsp3) is 0.381. The number of ether oxygens (including phenoxy) is 2. The molecule has 2 amide bonds. The molecule has 0 aromatic heterocycles. The third-order valence-corrected chi connectivity index (χ3v) is 6.94.